The molecule has 3 nitrogen and oxygen atoms in total. The van der Waals surface area contributed by atoms with Crippen LogP contribution in [0, 0.1) is 28.6 Å². The molecular weight excluding hydrogens is 403 g/mol. The fourth-order valence-electron chi connectivity index (χ4n) is 5.84. The van der Waals surface area contributed by atoms with Crippen molar-refractivity contribution in [3.05, 3.63) is 0 Å². The molecule has 1 aliphatic heterocycles. The average Bonchev–Trinajstić information content (AvgIpc) is 3.09. The van der Waals surface area contributed by atoms with E-state index in [1.807, 2.05) is 0 Å². The van der Waals surface area contributed by atoms with E-state index in [1.165, 1.54) is 32.1 Å². The Morgan fingerprint density at radius 2 is 1.83 bits per heavy atom. The van der Waals surface area contributed by atoms with Gasteiger partial charge in [0.2, 0.25) is 0 Å². The number of carbonyl (C=O) groups excluding carboxylic acids is 1. The fourth-order valence-corrected chi connectivity index (χ4v) is 8.76. The van der Waals surface area contributed by atoms with Gasteiger partial charge in [-0.1, -0.05) is 0 Å². The summed E-state index contributed by atoms with van der Waals surface area (Å²) in [5.74, 6) is 2.94. The van der Waals surface area contributed by atoms with Gasteiger partial charge in [0.1, 0.15) is 0 Å². The van der Waals surface area contributed by atoms with Crippen LogP contribution in [0.5, 0.6) is 0 Å². The van der Waals surface area contributed by atoms with Gasteiger partial charge in [0, 0.05) is 0 Å². The molecule has 23 heavy (non-hydrogen) atoms. The molecule has 4 heteroatoms. The van der Waals surface area contributed by atoms with Crippen molar-refractivity contribution < 1.29 is 35.5 Å². The van der Waals surface area contributed by atoms with Gasteiger partial charge in [-0.3, -0.25) is 0 Å². The van der Waals surface area contributed by atoms with Gasteiger partial charge in [0.25, 0.3) is 0 Å². The minimum absolute atomic E-state index is 0.00868. The first kappa shape index (κ1) is 16.6. The zero-order valence-electron chi connectivity index (χ0n) is 14.7. The van der Waals surface area contributed by atoms with Gasteiger partial charge in [-0.05, 0) is 0 Å². The Kier molecular flexibility index (Phi) is 4.03. The molecule has 3 atom stereocenters. The second-order valence-electron chi connectivity index (χ2n) is 9.84. The van der Waals surface area contributed by atoms with E-state index in [9.17, 15) is 4.79 Å². The summed E-state index contributed by atoms with van der Waals surface area (Å²) in [4.78, 5) is 12.4. The maximum absolute atomic E-state index is 12.4. The van der Waals surface area contributed by atoms with Gasteiger partial charge in [-0.25, -0.2) is 0 Å². The third-order valence-electron chi connectivity index (χ3n) is 6.37. The molecule has 4 saturated carbocycles. The zero-order chi connectivity index (χ0) is 16.3. The molecule has 132 valence electrons. The summed E-state index contributed by atoms with van der Waals surface area (Å²) in [7, 11) is 0. The number of rotatable bonds is 6. The molecule has 4 aliphatic carbocycles. The van der Waals surface area contributed by atoms with Crippen molar-refractivity contribution in [2.45, 2.75) is 62.7 Å². The van der Waals surface area contributed by atoms with Crippen LogP contribution in [-0.2, 0) is 14.3 Å². The van der Waals surface area contributed by atoms with Gasteiger partial charge in [-0.2, -0.15) is 0 Å². The number of ether oxygens (including phenoxy) is 2. The van der Waals surface area contributed by atoms with Crippen LogP contribution in [0.2, 0.25) is 0 Å². The van der Waals surface area contributed by atoms with Crippen molar-refractivity contribution >= 4 is 5.97 Å². The molecule has 5 aliphatic rings. The van der Waals surface area contributed by atoms with E-state index in [2.05, 4.69) is 20.8 Å². The van der Waals surface area contributed by atoms with Crippen LogP contribution in [0.25, 0.3) is 0 Å². The Morgan fingerprint density at radius 3 is 2.35 bits per heavy atom. The third kappa shape index (κ3) is 3.31. The number of carbonyl (C=O) groups is 1. The summed E-state index contributed by atoms with van der Waals surface area (Å²) in [6.07, 6.45) is 8.00. The van der Waals surface area contributed by atoms with E-state index < -0.39 is 0 Å². The number of esters is 1. The first-order valence-corrected chi connectivity index (χ1v) is 11.8. The van der Waals surface area contributed by atoms with Crippen molar-refractivity contribution in [2.24, 2.45) is 28.6 Å². The first-order chi connectivity index (χ1) is 10.8. The van der Waals surface area contributed by atoms with Crippen molar-refractivity contribution in [1.29, 1.82) is 0 Å². The predicted octanol–water partition coefficient (Wildman–Crippen LogP) is 0.608. The van der Waals surface area contributed by atoms with Crippen molar-refractivity contribution in [2.75, 3.05) is 17.8 Å². The summed E-state index contributed by atoms with van der Waals surface area (Å²) >= 11 is 0.00868. The number of halogens is 1. The van der Waals surface area contributed by atoms with E-state index in [0.29, 0.717) is 5.41 Å². The summed E-state index contributed by atoms with van der Waals surface area (Å²) in [6.45, 7) is 7.63. The molecular formula is C19H30IO3-. The summed E-state index contributed by atoms with van der Waals surface area (Å²) in [5.41, 5.74) is 0.634. The van der Waals surface area contributed by atoms with Crippen molar-refractivity contribution in [1.82, 2.24) is 0 Å². The topological polar surface area (TPSA) is 35.5 Å². The van der Waals surface area contributed by atoms with E-state index in [1.54, 1.807) is 0 Å². The first-order valence-electron chi connectivity index (χ1n) is 9.15. The number of alkyl halides is 2. The predicted molar refractivity (Wildman–Crippen MR) is 84.6 cm³/mol. The fraction of sp³-hybridized carbons (Fsp3) is 0.947. The number of hydrogen-bond acceptors (Lipinski definition) is 3. The zero-order valence-corrected chi connectivity index (χ0v) is 16.9. The SMILES string of the molecule is CC(C)(C)CC1(C(=O)OCOCC23CC4CC(C2)C(C4)C3)C[I-]1. The molecule has 0 N–H and O–H groups in total. The molecule has 3 unspecified atom stereocenters. The molecule has 5 fully saturated rings. The van der Waals surface area contributed by atoms with Gasteiger partial charge in [0.15, 0.2) is 0 Å². The normalized spacial score (nSPS) is 44.2. The Hall–Kier alpha value is 0.160. The van der Waals surface area contributed by atoms with Gasteiger partial charge in [0.05, 0.1) is 0 Å². The Labute approximate surface area is 150 Å². The summed E-state index contributed by atoms with van der Waals surface area (Å²) in [6, 6.07) is 0. The quantitative estimate of drug-likeness (QED) is 0.203. The molecule has 0 aromatic rings. The molecule has 5 rings (SSSR count). The Bertz CT molecular complexity index is 472. The Morgan fingerprint density at radius 1 is 1.17 bits per heavy atom. The van der Waals surface area contributed by atoms with Gasteiger partial charge in [-0.15, -0.1) is 0 Å². The molecule has 1 heterocycles. The standard InChI is InChI=1S/C19H30IO3/c1-17(2,3)9-19(10-20-19)16(21)23-12-22-11-18-6-13-4-14(7-18)15(5-13)8-18/h13-15H,4-12H2,1-3H3/q-1. The molecule has 0 aromatic carbocycles. The van der Waals surface area contributed by atoms with E-state index >= 15 is 0 Å². The van der Waals surface area contributed by atoms with Crippen LogP contribution >= 0.6 is 0 Å². The van der Waals surface area contributed by atoms with E-state index in [4.69, 9.17) is 9.47 Å². The van der Waals surface area contributed by atoms with Gasteiger partial charge < -0.3 is 0 Å². The summed E-state index contributed by atoms with van der Waals surface area (Å²) in [5, 5.41) is 0. The van der Waals surface area contributed by atoms with Crippen LogP contribution < -0.4 is 21.2 Å². The van der Waals surface area contributed by atoms with Gasteiger partial charge >= 0.3 is 151 Å². The number of hydrogen-bond donors (Lipinski definition) is 0. The Balaban J connectivity index is 1.22. The second-order valence-corrected chi connectivity index (χ2v) is 13.4. The second kappa shape index (κ2) is 5.58. The van der Waals surface area contributed by atoms with Crippen LogP contribution in [0.15, 0.2) is 0 Å². The summed E-state index contributed by atoms with van der Waals surface area (Å²) < 4.78 is 12.4. The third-order valence-corrected chi connectivity index (χ3v) is 9.79. The van der Waals surface area contributed by atoms with E-state index in [0.717, 1.165) is 35.2 Å². The maximum atomic E-state index is 12.4. The van der Waals surface area contributed by atoms with Crippen molar-refractivity contribution in [3.63, 3.8) is 0 Å². The molecule has 0 amide bonds. The van der Waals surface area contributed by atoms with Crippen LogP contribution in [0.1, 0.15) is 59.3 Å². The molecule has 4 bridgehead atoms. The minimum atomic E-state index is -0.0936. The monoisotopic (exact) mass is 433 g/mol. The van der Waals surface area contributed by atoms with Crippen molar-refractivity contribution in [3.8, 4) is 0 Å². The molecule has 0 aromatic heterocycles. The van der Waals surface area contributed by atoms with Crippen LogP contribution in [0.4, 0.5) is 0 Å². The van der Waals surface area contributed by atoms with E-state index in [-0.39, 0.29) is 42.8 Å². The van der Waals surface area contributed by atoms with Crippen LogP contribution in [0.3, 0.4) is 0 Å². The molecule has 0 spiro atoms. The molecule has 0 radical (unpaired) electrons. The average molecular weight is 433 g/mol. The molecule has 1 saturated heterocycles. The van der Waals surface area contributed by atoms with Crippen LogP contribution in [-0.4, -0.2) is 27.2 Å².